The Morgan fingerprint density at radius 2 is 2.12 bits per heavy atom. The van der Waals surface area contributed by atoms with Gasteiger partial charge in [-0.2, -0.15) is 0 Å². The van der Waals surface area contributed by atoms with Crippen LogP contribution in [0.2, 0.25) is 0 Å². The molecule has 0 aliphatic rings. The van der Waals surface area contributed by atoms with Gasteiger partial charge < -0.3 is 11.1 Å². The van der Waals surface area contributed by atoms with Gasteiger partial charge in [0.25, 0.3) is 11.8 Å². The first-order chi connectivity index (χ1) is 7.84. The summed E-state index contributed by atoms with van der Waals surface area (Å²) in [5.74, 6) is -3.61. The molecular formula is C11H13BrF2N2O. The Hall–Kier alpha value is -1.01. The van der Waals surface area contributed by atoms with Crippen LogP contribution in [0.15, 0.2) is 22.7 Å². The number of carbonyl (C=O) groups is 1. The predicted molar refractivity (Wildman–Crippen MR) is 65.2 cm³/mol. The standard InChI is InChI=1S/C11H13BrF2N2O/c1-7-2-8(4-9(12)3-7)10(17)16-6-11(13,14)5-15/h2-4H,5-6,15H2,1H3,(H,16,17). The second kappa shape index (κ2) is 5.55. The minimum absolute atomic E-state index is 0.338. The fourth-order valence-corrected chi connectivity index (χ4v) is 1.86. The molecule has 1 amide bonds. The average molecular weight is 307 g/mol. The van der Waals surface area contributed by atoms with Crippen LogP contribution in [0.25, 0.3) is 0 Å². The summed E-state index contributed by atoms with van der Waals surface area (Å²) in [4.78, 5) is 11.6. The Morgan fingerprint density at radius 1 is 1.47 bits per heavy atom. The molecule has 0 aliphatic heterocycles. The summed E-state index contributed by atoms with van der Waals surface area (Å²) in [6, 6.07) is 5.02. The van der Waals surface area contributed by atoms with Crippen molar-refractivity contribution in [2.75, 3.05) is 13.1 Å². The second-order valence-electron chi connectivity index (χ2n) is 3.76. The fraction of sp³-hybridized carbons (Fsp3) is 0.364. The van der Waals surface area contributed by atoms with E-state index >= 15 is 0 Å². The van der Waals surface area contributed by atoms with Crippen LogP contribution in [-0.2, 0) is 0 Å². The van der Waals surface area contributed by atoms with Crippen LogP contribution in [0.3, 0.4) is 0 Å². The molecule has 3 nitrogen and oxygen atoms in total. The summed E-state index contributed by atoms with van der Waals surface area (Å²) in [5.41, 5.74) is 6.08. The van der Waals surface area contributed by atoms with E-state index in [1.54, 1.807) is 12.1 Å². The Labute approximate surface area is 107 Å². The van der Waals surface area contributed by atoms with Crippen molar-refractivity contribution >= 4 is 21.8 Å². The maximum absolute atomic E-state index is 12.8. The molecule has 0 aliphatic carbocycles. The van der Waals surface area contributed by atoms with Crippen molar-refractivity contribution in [1.29, 1.82) is 0 Å². The Balaban J connectivity index is 2.70. The number of rotatable bonds is 4. The minimum atomic E-state index is -3.07. The molecule has 94 valence electrons. The summed E-state index contributed by atoms with van der Waals surface area (Å²) in [7, 11) is 0. The quantitative estimate of drug-likeness (QED) is 0.895. The molecule has 0 fully saturated rings. The van der Waals surface area contributed by atoms with Gasteiger partial charge in [0, 0.05) is 10.0 Å². The van der Waals surface area contributed by atoms with Crippen molar-refractivity contribution in [2.45, 2.75) is 12.8 Å². The van der Waals surface area contributed by atoms with Gasteiger partial charge >= 0.3 is 0 Å². The molecule has 0 heterocycles. The van der Waals surface area contributed by atoms with E-state index < -0.39 is 24.9 Å². The third-order valence-corrected chi connectivity index (χ3v) is 2.57. The van der Waals surface area contributed by atoms with Gasteiger partial charge in [0.2, 0.25) is 0 Å². The van der Waals surface area contributed by atoms with E-state index in [0.29, 0.717) is 5.56 Å². The summed E-state index contributed by atoms with van der Waals surface area (Å²) in [6.45, 7) is 0.273. The van der Waals surface area contributed by atoms with Crippen molar-refractivity contribution in [3.63, 3.8) is 0 Å². The van der Waals surface area contributed by atoms with Gasteiger partial charge in [-0.1, -0.05) is 15.9 Å². The van der Waals surface area contributed by atoms with Crippen molar-refractivity contribution in [2.24, 2.45) is 5.73 Å². The molecular weight excluding hydrogens is 294 g/mol. The highest BCUT2D eigenvalue weighted by molar-refractivity contribution is 9.10. The number of carbonyl (C=O) groups excluding carboxylic acids is 1. The number of halogens is 3. The van der Waals surface area contributed by atoms with Gasteiger partial charge in [0.05, 0.1) is 13.1 Å². The first-order valence-electron chi connectivity index (χ1n) is 4.97. The number of alkyl halides is 2. The lowest BCUT2D eigenvalue weighted by molar-refractivity contribution is 0.0118. The highest BCUT2D eigenvalue weighted by atomic mass is 79.9. The lowest BCUT2D eigenvalue weighted by atomic mass is 10.1. The number of nitrogens with one attached hydrogen (secondary N) is 1. The number of nitrogens with two attached hydrogens (primary N) is 1. The van der Waals surface area contributed by atoms with Crippen LogP contribution >= 0.6 is 15.9 Å². The summed E-state index contributed by atoms with van der Waals surface area (Å²) >= 11 is 3.24. The van der Waals surface area contributed by atoms with E-state index in [-0.39, 0.29) is 0 Å². The van der Waals surface area contributed by atoms with E-state index in [1.165, 1.54) is 0 Å². The number of hydrogen-bond donors (Lipinski definition) is 2. The monoisotopic (exact) mass is 306 g/mol. The molecule has 17 heavy (non-hydrogen) atoms. The molecule has 1 rings (SSSR count). The lowest BCUT2D eigenvalue weighted by Gasteiger charge is -2.14. The minimum Gasteiger partial charge on any atom is -0.346 e. The summed E-state index contributed by atoms with van der Waals surface area (Å²) in [6.07, 6.45) is 0. The van der Waals surface area contributed by atoms with Crippen LogP contribution in [0.5, 0.6) is 0 Å². The fourth-order valence-electron chi connectivity index (χ4n) is 1.25. The number of aryl methyl sites for hydroxylation is 1. The molecule has 0 spiro atoms. The zero-order valence-electron chi connectivity index (χ0n) is 9.27. The van der Waals surface area contributed by atoms with Crippen molar-refractivity contribution in [1.82, 2.24) is 5.32 Å². The average Bonchev–Trinajstić information content (AvgIpc) is 2.24. The largest absolute Gasteiger partial charge is 0.346 e. The van der Waals surface area contributed by atoms with Crippen LogP contribution < -0.4 is 11.1 Å². The topological polar surface area (TPSA) is 55.1 Å². The van der Waals surface area contributed by atoms with Crippen molar-refractivity contribution < 1.29 is 13.6 Å². The first-order valence-corrected chi connectivity index (χ1v) is 5.77. The maximum atomic E-state index is 12.8. The van der Waals surface area contributed by atoms with Crippen LogP contribution in [-0.4, -0.2) is 24.9 Å². The zero-order valence-corrected chi connectivity index (χ0v) is 10.9. The third kappa shape index (κ3) is 4.40. The van der Waals surface area contributed by atoms with Crippen LogP contribution in [0.1, 0.15) is 15.9 Å². The van der Waals surface area contributed by atoms with E-state index in [0.717, 1.165) is 10.0 Å². The zero-order chi connectivity index (χ0) is 13.1. The smallest absolute Gasteiger partial charge is 0.277 e. The van der Waals surface area contributed by atoms with Gasteiger partial charge in [-0.15, -0.1) is 0 Å². The molecule has 0 bridgehead atoms. The number of amides is 1. The molecule has 0 unspecified atom stereocenters. The van der Waals surface area contributed by atoms with Gasteiger partial charge in [-0.05, 0) is 30.7 Å². The molecule has 0 saturated heterocycles. The second-order valence-corrected chi connectivity index (χ2v) is 4.68. The highest BCUT2D eigenvalue weighted by Crippen LogP contribution is 2.16. The first kappa shape index (κ1) is 14.1. The van der Waals surface area contributed by atoms with Crippen molar-refractivity contribution in [3.05, 3.63) is 33.8 Å². The molecule has 0 radical (unpaired) electrons. The molecule has 1 aromatic carbocycles. The molecule has 1 aromatic rings. The molecule has 0 aromatic heterocycles. The normalized spacial score (nSPS) is 11.4. The number of benzene rings is 1. The summed E-state index contributed by atoms with van der Waals surface area (Å²) in [5, 5.41) is 2.15. The van der Waals surface area contributed by atoms with E-state index in [2.05, 4.69) is 21.2 Å². The van der Waals surface area contributed by atoms with E-state index in [1.807, 2.05) is 13.0 Å². The maximum Gasteiger partial charge on any atom is 0.277 e. The molecule has 0 saturated carbocycles. The van der Waals surface area contributed by atoms with Crippen LogP contribution in [0.4, 0.5) is 8.78 Å². The summed E-state index contributed by atoms with van der Waals surface area (Å²) < 4.78 is 26.4. The third-order valence-electron chi connectivity index (χ3n) is 2.11. The highest BCUT2D eigenvalue weighted by Gasteiger charge is 2.27. The Bertz CT molecular complexity index is 404. The van der Waals surface area contributed by atoms with Gasteiger partial charge in [-0.3, -0.25) is 4.79 Å². The lowest BCUT2D eigenvalue weighted by Crippen LogP contribution is -2.41. The Morgan fingerprint density at radius 3 is 2.65 bits per heavy atom. The van der Waals surface area contributed by atoms with E-state index in [4.69, 9.17) is 5.73 Å². The van der Waals surface area contributed by atoms with Gasteiger partial charge in [-0.25, -0.2) is 8.78 Å². The van der Waals surface area contributed by atoms with Gasteiger partial charge in [0.1, 0.15) is 0 Å². The molecule has 0 atom stereocenters. The van der Waals surface area contributed by atoms with Crippen LogP contribution in [0, 0.1) is 6.92 Å². The predicted octanol–water partition coefficient (Wildman–Crippen LogP) is 2.08. The van der Waals surface area contributed by atoms with E-state index in [9.17, 15) is 13.6 Å². The molecule has 3 N–H and O–H groups in total. The Kier molecular flexibility index (Phi) is 4.59. The SMILES string of the molecule is Cc1cc(Br)cc(C(=O)NCC(F)(F)CN)c1. The number of hydrogen-bond acceptors (Lipinski definition) is 2. The van der Waals surface area contributed by atoms with Gasteiger partial charge in [0.15, 0.2) is 0 Å². The van der Waals surface area contributed by atoms with Crippen molar-refractivity contribution in [3.8, 4) is 0 Å². The molecule has 6 heteroatoms.